The van der Waals surface area contributed by atoms with Crippen molar-refractivity contribution in [1.29, 1.82) is 0 Å². The molecule has 2 aromatic heterocycles. The summed E-state index contributed by atoms with van der Waals surface area (Å²) in [5, 5.41) is 25.9. The van der Waals surface area contributed by atoms with Gasteiger partial charge >= 0.3 is 6.18 Å². The largest absolute Gasteiger partial charge is 0.416 e. The van der Waals surface area contributed by atoms with Gasteiger partial charge in [0.1, 0.15) is 18.5 Å². The van der Waals surface area contributed by atoms with E-state index in [1.54, 1.807) is 0 Å². The lowest BCUT2D eigenvalue weighted by molar-refractivity contribution is -0.138. The van der Waals surface area contributed by atoms with Crippen LogP contribution in [-0.2, 0) is 22.3 Å². The van der Waals surface area contributed by atoms with Gasteiger partial charge in [-0.05, 0) is 17.7 Å². The van der Waals surface area contributed by atoms with Crippen molar-refractivity contribution in [3.63, 3.8) is 0 Å². The molecule has 1 aliphatic heterocycles. The van der Waals surface area contributed by atoms with Crippen LogP contribution in [-0.4, -0.2) is 61.0 Å². The highest BCUT2D eigenvalue weighted by Crippen LogP contribution is 2.33. The van der Waals surface area contributed by atoms with E-state index < -0.39 is 42.2 Å². The molecule has 3 heterocycles. The predicted molar refractivity (Wildman–Crippen MR) is 104 cm³/mol. The second-order valence-corrected chi connectivity index (χ2v) is 7.14. The molecule has 170 valence electrons. The molecule has 13 heteroatoms. The van der Waals surface area contributed by atoms with E-state index in [0.717, 1.165) is 12.1 Å². The lowest BCUT2D eigenvalue weighted by Crippen LogP contribution is -2.41. The zero-order valence-electron chi connectivity index (χ0n) is 16.6. The van der Waals surface area contributed by atoms with E-state index in [2.05, 4.69) is 25.6 Å². The van der Waals surface area contributed by atoms with Gasteiger partial charge in [0.05, 0.1) is 11.9 Å². The highest BCUT2D eigenvalue weighted by molar-refractivity contribution is 5.83. The summed E-state index contributed by atoms with van der Waals surface area (Å²) in [6.07, 6.45) is -7.08. The quantitative estimate of drug-likeness (QED) is 0.447. The van der Waals surface area contributed by atoms with Crippen molar-refractivity contribution >= 4 is 22.9 Å². The smallest absolute Gasteiger partial charge is 0.387 e. The molecule has 1 saturated heterocycles. The molecule has 10 nitrogen and oxygen atoms in total. The van der Waals surface area contributed by atoms with Gasteiger partial charge in [-0.15, -0.1) is 0 Å². The third kappa shape index (κ3) is 3.97. The van der Waals surface area contributed by atoms with Crippen LogP contribution in [0, 0.1) is 0 Å². The maximum atomic E-state index is 12.7. The summed E-state index contributed by atoms with van der Waals surface area (Å²) < 4.78 is 45.0. The number of hydrogen-bond donors (Lipinski definition) is 4. The van der Waals surface area contributed by atoms with Gasteiger partial charge in [-0.3, -0.25) is 9.36 Å². The summed E-state index contributed by atoms with van der Waals surface area (Å²) in [5.41, 5.74) is 0.434. The Hall–Kier alpha value is -3.29. The number of benzene rings is 1. The first kappa shape index (κ1) is 21.9. The zero-order chi connectivity index (χ0) is 23.0. The van der Waals surface area contributed by atoms with E-state index in [1.165, 1.54) is 36.4 Å². The molecular weight excluding hydrogens is 433 g/mol. The lowest BCUT2D eigenvalue weighted by atomic mass is 10.1. The summed E-state index contributed by atoms with van der Waals surface area (Å²) in [6, 6.07) is 4.70. The number of fused-ring (bicyclic) bond motifs is 1. The number of rotatable bonds is 5. The van der Waals surface area contributed by atoms with Crippen molar-refractivity contribution in [3.05, 3.63) is 48.0 Å². The van der Waals surface area contributed by atoms with Crippen molar-refractivity contribution in [2.24, 2.45) is 0 Å². The van der Waals surface area contributed by atoms with E-state index in [1.807, 2.05) is 0 Å². The maximum absolute atomic E-state index is 12.7. The third-order valence-corrected chi connectivity index (χ3v) is 5.12. The van der Waals surface area contributed by atoms with Crippen molar-refractivity contribution in [2.45, 2.75) is 37.3 Å². The molecule has 4 N–H and O–H groups in total. The number of carbonyl (C=O) groups is 1. The number of aliphatic hydroxyl groups is 2. The number of halogens is 3. The number of likely N-dealkylation sites (N-methyl/N-ethyl adjacent to an activating group) is 1. The van der Waals surface area contributed by atoms with Crippen LogP contribution in [0.4, 0.5) is 19.0 Å². The number of alkyl halides is 3. The highest BCUT2D eigenvalue weighted by atomic mass is 19.4. The van der Waals surface area contributed by atoms with Crippen LogP contribution in [0.25, 0.3) is 11.2 Å². The van der Waals surface area contributed by atoms with Crippen LogP contribution in [0.2, 0.25) is 0 Å². The lowest BCUT2D eigenvalue weighted by Gasteiger charge is -2.16. The molecule has 1 fully saturated rings. The molecular formula is C19H19F3N6O4. The number of nitrogens with zero attached hydrogens (tertiary/aromatic N) is 4. The van der Waals surface area contributed by atoms with Gasteiger partial charge in [-0.1, -0.05) is 12.1 Å². The zero-order valence-corrected chi connectivity index (χ0v) is 16.6. The third-order valence-electron chi connectivity index (χ3n) is 5.12. The Morgan fingerprint density at radius 3 is 2.53 bits per heavy atom. The molecule has 4 atom stereocenters. The minimum Gasteiger partial charge on any atom is -0.387 e. The van der Waals surface area contributed by atoms with Crippen LogP contribution >= 0.6 is 0 Å². The van der Waals surface area contributed by atoms with Crippen molar-refractivity contribution in [1.82, 2.24) is 24.8 Å². The number of aliphatic hydroxyl groups excluding tert-OH is 2. The van der Waals surface area contributed by atoms with Crippen LogP contribution in [0.1, 0.15) is 17.4 Å². The van der Waals surface area contributed by atoms with Gasteiger partial charge in [0.2, 0.25) is 0 Å². The summed E-state index contributed by atoms with van der Waals surface area (Å²) >= 11 is 0. The van der Waals surface area contributed by atoms with Gasteiger partial charge in [0.25, 0.3) is 5.91 Å². The van der Waals surface area contributed by atoms with Crippen molar-refractivity contribution in [3.8, 4) is 0 Å². The minimum atomic E-state index is -4.41. The van der Waals surface area contributed by atoms with E-state index in [-0.39, 0.29) is 12.2 Å². The normalized spacial score (nSPS) is 23.4. The highest BCUT2D eigenvalue weighted by Gasteiger charge is 2.47. The number of hydrogen-bond acceptors (Lipinski definition) is 8. The van der Waals surface area contributed by atoms with Gasteiger partial charge in [0.15, 0.2) is 29.3 Å². The first-order chi connectivity index (χ1) is 15.2. The summed E-state index contributed by atoms with van der Waals surface area (Å²) in [4.78, 5) is 24.3. The number of imidazole rings is 1. The molecule has 0 bridgehead atoms. The molecule has 32 heavy (non-hydrogen) atoms. The summed E-state index contributed by atoms with van der Waals surface area (Å²) in [6.45, 7) is 0.178. The number of carbonyl (C=O) groups excluding carboxylic acids is 1. The van der Waals surface area contributed by atoms with Crippen LogP contribution in [0.5, 0.6) is 0 Å². The van der Waals surface area contributed by atoms with E-state index >= 15 is 0 Å². The monoisotopic (exact) mass is 452 g/mol. The maximum Gasteiger partial charge on any atom is 0.416 e. The van der Waals surface area contributed by atoms with Crippen LogP contribution in [0.3, 0.4) is 0 Å². The molecule has 0 saturated carbocycles. The number of anilines is 1. The molecule has 0 aliphatic carbocycles. The number of amides is 1. The molecule has 4 unspecified atom stereocenters. The second-order valence-electron chi connectivity index (χ2n) is 7.14. The number of ether oxygens (including phenoxy) is 1. The van der Waals surface area contributed by atoms with Gasteiger partial charge in [-0.25, -0.2) is 15.0 Å². The fourth-order valence-corrected chi connectivity index (χ4v) is 3.41. The van der Waals surface area contributed by atoms with Crippen molar-refractivity contribution in [2.75, 3.05) is 12.4 Å². The average Bonchev–Trinajstić information content (AvgIpc) is 3.33. The molecule has 0 radical (unpaired) electrons. The summed E-state index contributed by atoms with van der Waals surface area (Å²) in [7, 11) is 1.38. The van der Waals surface area contributed by atoms with Gasteiger partial charge in [-0.2, -0.15) is 13.2 Å². The second kappa shape index (κ2) is 8.33. The van der Waals surface area contributed by atoms with Crippen molar-refractivity contribution < 1.29 is 32.9 Å². The Morgan fingerprint density at radius 1 is 1.16 bits per heavy atom. The number of aromatic nitrogens is 4. The molecule has 1 aromatic carbocycles. The van der Waals surface area contributed by atoms with E-state index in [9.17, 15) is 28.2 Å². The first-order valence-electron chi connectivity index (χ1n) is 9.51. The fraction of sp³-hybridized carbons (Fsp3) is 0.368. The summed E-state index contributed by atoms with van der Waals surface area (Å²) in [5.74, 6) is -0.276. The fourth-order valence-electron chi connectivity index (χ4n) is 3.41. The Labute approximate surface area is 179 Å². The predicted octanol–water partition coefficient (Wildman–Crippen LogP) is 0.822. The van der Waals surface area contributed by atoms with Gasteiger partial charge < -0.3 is 25.6 Å². The SMILES string of the molecule is CNC(=O)C1OC(n2cnc3c(NCc4ccc(C(F)(F)F)cc4)ncnc32)C(O)C1O. The molecule has 3 aromatic rings. The Morgan fingerprint density at radius 2 is 1.88 bits per heavy atom. The molecule has 1 amide bonds. The topological polar surface area (TPSA) is 134 Å². The average molecular weight is 452 g/mol. The molecule has 4 rings (SSSR count). The van der Waals surface area contributed by atoms with E-state index in [0.29, 0.717) is 16.9 Å². The standard InChI is InChI=1S/C19H19F3N6O4/c1-23-17(31)14-12(29)13(30)18(32-14)28-8-27-11-15(25-7-26-16(11)28)24-6-9-2-4-10(5-3-9)19(20,21)22/h2-5,7-8,12-14,18,29-30H,6H2,1H3,(H,23,31)(H,24,25,26). The first-order valence-corrected chi connectivity index (χ1v) is 9.51. The van der Waals surface area contributed by atoms with Gasteiger partial charge in [0, 0.05) is 13.6 Å². The minimum absolute atomic E-state index is 0.178. The van der Waals surface area contributed by atoms with E-state index in [4.69, 9.17) is 4.74 Å². The Bertz CT molecular complexity index is 1120. The Balaban J connectivity index is 1.54. The number of nitrogens with one attached hydrogen (secondary N) is 2. The van der Waals surface area contributed by atoms with Crippen LogP contribution in [0.15, 0.2) is 36.9 Å². The Kier molecular flexibility index (Phi) is 5.71. The van der Waals surface area contributed by atoms with Crippen LogP contribution < -0.4 is 10.6 Å². The molecule has 0 spiro atoms. The molecule has 1 aliphatic rings.